The third-order valence-electron chi connectivity index (χ3n) is 6.48. The van der Waals surface area contributed by atoms with Gasteiger partial charge in [0.15, 0.2) is 18.2 Å². The molecule has 0 aliphatic heterocycles. The highest BCUT2D eigenvalue weighted by Crippen LogP contribution is 2.38. The van der Waals surface area contributed by atoms with Gasteiger partial charge in [-0.2, -0.15) is 18.2 Å². The van der Waals surface area contributed by atoms with Crippen LogP contribution >= 0.6 is 0 Å². The molecule has 0 atom stereocenters. The van der Waals surface area contributed by atoms with Crippen molar-refractivity contribution in [1.29, 1.82) is 0 Å². The molecule has 0 saturated heterocycles. The summed E-state index contributed by atoms with van der Waals surface area (Å²) in [4.78, 5) is 20.5. The predicted octanol–water partition coefficient (Wildman–Crippen LogP) is 8.40. The first-order chi connectivity index (χ1) is 21.3. The van der Waals surface area contributed by atoms with E-state index in [0.717, 1.165) is 11.9 Å². The summed E-state index contributed by atoms with van der Waals surface area (Å²) >= 11 is 0. The highest BCUT2D eigenvalue weighted by molar-refractivity contribution is 5.90. The molecule has 0 spiro atoms. The topological polar surface area (TPSA) is 87.5 Å². The van der Waals surface area contributed by atoms with Gasteiger partial charge in [-0.05, 0) is 68.7 Å². The van der Waals surface area contributed by atoms with Crippen molar-refractivity contribution < 1.29 is 36.6 Å². The average molecular weight is 623 g/mol. The van der Waals surface area contributed by atoms with Crippen LogP contribution in [0.25, 0.3) is 28.0 Å². The number of alkyl halides is 3. The molecule has 5 aromatic rings. The molecule has 0 fully saturated rings. The fourth-order valence-corrected chi connectivity index (χ4v) is 4.60. The van der Waals surface area contributed by atoms with Crippen molar-refractivity contribution in [1.82, 2.24) is 14.5 Å². The Labute approximate surface area is 256 Å². The van der Waals surface area contributed by atoms with Crippen molar-refractivity contribution in [3.8, 4) is 28.6 Å². The maximum Gasteiger partial charge on any atom is 0.422 e. The van der Waals surface area contributed by atoms with Gasteiger partial charge in [0.25, 0.3) is 0 Å². The lowest BCUT2D eigenvalue weighted by Gasteiger charge is -2.20. The van der Waals surface area contributed by atoms with Crippen LogP contribution in [-0.2, 0) is 11.3 Å². The van der Waals surface area contributed by atoms with E-state index in [1.165, 1.54) is 12.1 Å². The second-order valence-corrected chi connectivity index (χ2v) is 11.2. The van der Waals surface area contributed by atoms with Gasteiger partial charge in [0, 0.05) is 11.8 Å². The molecule has 0 bridgehead atoms. The Morgan fingerprint density at radius 2 is 1.64 bits per heavy atom. The third-order valence-corrected chi connectivity index (χ3v) is 6.48. The SMILES string of the molecule is Cc1cc(OCc2ccccc2)c(F)cc1-n1c(-c2ccc(NC(=O)OC(C)(C)C)cc2)cc2ncnc(OCC(F)(F)F)c21. The van der Waals surface area contributed by atoms with Crippen LogP contribution in [-0.4, -0.2) is 39.0 Å². The van der Waals surface area contributed by atoms with Crippen molar-refractivity contribution in [2.45, 2.75) is 46.1 Å². The Hall–Kier alpha value is -5.13. The van der Waals surface area contributed by atoms with Gasteiger partial charge in [-0.3, -0.25) is 5.32 Å². The molecule has 3 aromatic carbocycles. The number of amides is 1. The number of nitrogens with one attached hydrogen (secondary N) is 1. The van der Waals surface area contributed by atoms with Crippen molar-refractivity contribution >= 4 is 22.8 Å². The van der Waals surface area contributed by atoms with Gasteiger partial charge in [-0.25, -0.2) is 14.2 Å². The van der Waals surface area contributed by atoms with Gasteiger partial charge < -0.3 is 18.8 Å². The van der Waals surface area contributed by atoms with Gasteiger partial charge in [-0.1, -0.05) is 42.5 Å². The second kappa shape index (κ2) is 12.5. The average Bonchev–Trinajstić information content (AvgIpc) is 3.36. The van der Waals surface area contributed by atoms with Crippen LogP contribution < -0.4 is 14.8 Å². The zero-order valence-electron chi connectivity index (χ0n) is 24.9. The smallest absolute Gasteiger partial charge is 0.422 e. The number of halogens is 4. The largest absolute Gasteiger partial charge is 0.486 e. The number of fused-ring (bicyclic) bond motifs is 1. The lowest BCUT2D eigenvalue weighted by molar-refractivity contribution is -0.153. The van der Waals surface area contributed by atoms with Gasteiger partial charge in [0.05, 0.1) is 16.9 Å². The summed E-state index contributed by atoms with van der Waals surface area (Å²) in [6.07, 6.45) is -4.15. The number of anilines is 1. The number of ether oxygens (including phenoxy) is 3. The molecule has 0 aliphatic rings. The minimum Gasteiger partial charge on any atom is -0.486 e. The Morgan fingerprint density at radius 1 is 0.933 bits per heavy atom. The van der Waals surface area contributed by atoms with Crippen LogP contribution in [0.2, 0.25) is 0 Å². The maximum absolute atomic E-state index is 15.6. The van der Waals surface area contributed by atoms with Crippen molar-refractivity contribution in [2.75, 3.05) is 11.9 Å². The molecular formula is C33H30F4N4O4. The first-order valence-corrected chi connectivity index (χ1v) is 13.9. The quantitative estimate of drug-likeness (QED) is 0.175. The standard InChI is InChI=1S/C33H30F4N4O4/c1-20-14-28(43-17-21-8-6-5-7-9-21)24(34)15-26(20)41-27(16-25-29(41)30(39-19-38-25)44-18-33(35,36)37)22-10-12-23(13-11-22)40-31(42)45-32(2,3)4/h5-16,19H,17-18H2,1-4H3,(H,40,42). The summed E-state index contributed by atoms with van der Waals surface area (Å²) in [5.74, 6) is -0.984. The van der Waals surface area contributed by atoms with Crippen LogP contribution in [0, 0.1) is 12.7 Å². The van der Waals surface area contributed by atoms with Crippen LogP contribution in [0.5, 0.6) is 11.6 Å². The van der Waals surface area contributed by atoms with E-state index in [1.807, 2.05) is 30.3 Å². The van der Waals surface area contributed by atoms with Crippen LogP contribution in [0.1, 0.15) is 31.9 Å². The van der Waals surface area contributed by atoms with E-state index < -0.39 is 30.3 Å². The van der Waals surface area contributed by atoms with Gasteiger partial charge >= 0.3 is 12.3 Å². The van der Waals surface area contributed by atoms with E-state index in [1.54, 1.807) is 62.6 Å². The molecule has 0 unspecified atom stereocenters. The summed E-state index contributed by atoms with van der Waals surface area (Å²) in [5, 5.41) is 2.66. The fourth-order valence-electron chi connectivity index (χ4n) is 4.60. The Balaban J connectivity index is 1.58. The molecule has 0 saturated carbocycles. The Bertz CT molecular complexity index is 1820. The molecule has 1 N–H and O–H groups in total. The highest BCUT2D eigenvalue weighted by atomic mass is 19.4. The molecule has 0 aliphatic carbocycles. The van der Waals surface area contributed by atoms with Crippen molar-refractivity contribution in [3.05, 3.63) is 96.1 Å². The van der Waals surface area contributed by atoms with Crippen LogP contribution in [0.15, 0.2) is 79.1 Å². The normalized spacial score (nSPS) is 11.8. The molecule has 0 radical (unpaired) electrons. The van der Waals surface area contributed by atoms with E-state index >= 15 is 4.39 Å². The number of carbonyl (C=O) groups excluding carboxylic acids is 1. The lowest BCUT2D eigenvalue weighted by atomic mass is 10.1. The maximum atomic E-state index is 15.6. The first kappa shape index (κ1) is 31.3. The van der Waals surface area contributed by atoms with Gasteiger partial charge in [0.2, 0.25) is 5.88 Å². The minimum absolute atomic E-state index is 0.0143. The monoisotopic (exact) mass is 622 g/mol. The number of hydrogen-bond acceptors (Lipinski definition) is 6. The lowest BCUT2D eigenvalue weighted by Crippen LogP contribution is -2.27. The molecular weight excluding hydrogens is 592 g/mol. The Morgan fingerprint density at radius 3 is 2.31 bits per heavy atom. The number of aromatic nitrogens is 3. The number of carbonyl (C=O) groups is 1. The zero-order chi connectivity index (χ0) is 32.4. The summed E-state index contributed by atoms with van der Waals surface area (Å²) in [5.41, 5.74) is 2.94. The van der Waals surface area contributed by atoms with Crippen molar-refractivity contribution in [2.24, 2.45) is 0 Å². The molecule has 234 valence electrons. The van der Waals surface area contributed by atoms with Gasteiger partial charge in [0.1, 0.15) is 24.1 Å². The van der Waals surface area contributed by atoms with Gasteiger partial charge in [-0.15, -0.1) is 0 Å². The third kappa shape index (κ3) is 7.69. The van der Waals surface area contributed by atoms with E-state index in [9.17, 15) is 18.0 Å². The molecule has 45 heavy (non-hydrogen) atoms. The van der Waals surface area contributed by atoms with E-state index in [2.05, 4.69) is 15.3 Å². The molecule has 8 nitrogen and oxygen atoms in total. The fraction of sp³-hybridized carbons (Fsp3) is 0.242. The number of hydrogen-bond donors (Lipinski definition) is 1. The molecule has 2 aromatic heterocycles. The number of aryl methyl sites for hydroxylation is 1. The summed E-state index contributed by atoms with van der Waals surface area (Å²) in [6, 6.07) is 20.4. The molecule has 5 rings (SSSR count). The van der Waals surface area contributed by atoms with Crippen LogP contribution in [0.4, 0.5) is 28.0 Å². The first-order valence-electron chi connectivity index (χ1n) is 13.9. The van der Waals surface area contributed by atoms with E-state index in [4.69, 9.17) is 14.2 Å². The second-order valence-electron chi connectivity index (χ2n) is 11.2. The number of benzene rings is 3. The Kier molecular flexibility index (Phi) is 8.67. The summed E-state index contributed by atoms with van der Waals surface area (Å²) in [6.45, 7) is 5.53. The zero-order valence-corrected chi connectivity index (χ0v) is 24.9. The highest BCUT2D eigenvalue weighted by Gasteiger charge is 2.30. The molecule has 1 amide bonds. The number of nitrogens with zero attached hydrogens (tertiary/aromatic N) is 3. The summed E-state index contributed by atoms with van der Waals surface area (Å²) < 4.78 is 72.7. The van der Waals surface area contributed by atoms with Crippen molar-refractivity contribution in [3.63, 3.8) is 0 Å². The van der Waals surface area contributed by atoms with E-state index in [-0.39, 0.29) is 29.3 Å². The van der Waals surface area contributed by atoms with Crippen LogP contribution in [0.3, 0.4) is 0 Å². The molecule has 12 heteroatoms. The summed E-state index contributed by atoms with van der Waals surface area (Å²) in [7, 11) is 0. The van der Waals surface area contributed by atoms with E-state index in [0.29, 0.717) is 28.2 Å². The minimum atomic E-state index is -4.62. The molecule has 2 heterocycles. The number of rotatable bonds is 8. The predicted molar refractivity (Wildman–Crippen MR) is 161 cm³/mol.